The van der Waals surface area contributed by atoms with Crippen LogP contribution in [0.1, 0.15) is 4.88 Å². The molecule has 0 aliphatic heterocycles. The number of nitrogens with one attached hydrogen (secondary N) is 2. The van der Waals surface area contributed by atoms with E-state index in [-0.39, 0.29) is 24.0 Å². The summed E-state index contributed by atoms with van der Waals surface area (Å²) in [6.45, 7) is 1.86. The summed E-state index contributed by atoms with van der Waals surface area (Å²) in [4.78, 5) is 5.55. The second kappa shape index (κ2) is 11.4. The number of guanidine groups is 1. The fourth-order valence-electron chi connectivity index (χ4n) is 1.28. The summed E-state index contributed by atoms with van der Waals surface area (Å²) in [5.41, 5.74) is 0. The monoisotopic (exact) mass is 463 g/mol. The third kappa shape index (κ3) is 7.85. The second-order valence-electron chi connectivity index (χ2n) is 3.37. The van der Waals surface area contributed by atoms with E-state index in [0.29, 0.717) is 0 Å². The van der Waals surface area contributed by atoms with Gasteiger partial charge in [0.15, 0.2) is 5.96 Å². The Hall–Kier alpha value is 0.530. The molecular formula is C11H19BrIN3S2. The van der Waals surface area contributed by atoms with Gasteiger partial charge < -0.3 is 10.6 Å². The normalized spacial score (nSPS) is 10.9. The standard InChI is InChI=1S/C11H18BrN3S2.HI/c1-13-11(15-7-8-16-2)14-6-5-9-3-4-10(12)17-9;/h3-4H,5-8H2,1-2H3,(H2,13,14,15);1H. The Morgan fingerprint density at radius 2 is 2.11 bits per heavy atom. The molecule has 1 aromatic heterocycles. The van der Waals surface area contributed by atoms with Crippen molar-refractivity contribution < 1.29 is 0 Å². The molecule has 104 valence electrons. The van der Waals surface area contributed by atoms with E-state index in [2.05, 4.69) is 49.9 Å². The fourth-order valence-corrected chi connectivity index (χ4v) is 3.07. The molecule has 0 bridgehead atoms. The average molecular weight is 464 g/mol. The van der Waals surface area contributed by atoms with Crippen molar-refractivity contribution in [2.24, 2.45) is 4.99 Å². The second-order valence-corrected chi connectivity index (χ2v) is 6.91. The van der Waals surface area contributed by atoms with Gasteiger partial charge >= 0.3 is 0 Å². The number of hydrogen-bond acceptors (Lipinski definition) is 3. The molecule has 18 heavy (non-hydrogen) atoms. The van der Waals surface area contributed by atoms with Gasteiger partial charge in [0.2, 0.25) is 0 Å². The summed E-state index contributed by atoms with van der Waals surface area (Å²) in [7, 11) is 1.80. The van der Waals surface area contributed by atoms with E-state index in [9.17, 15) is 0 Å². The predicted octanol–water partition coefficient (Wildman–Crippen LogP) is 3.20. The van der Waals surface area contributed by atoms with Gasteiger partial charge in [-0.3, -0.25) is 4.99 Å². The predicted molar refractivity (Wildman–Crippen MR) is 98.9 cm³/mol. The van der Waals surface area contributed by atoms with Crippen LogP contribution in [0.5, 0.6) is 0 Å². The summed E-state index contributed by atoms with van der Waals surface area (Å²) in [6.07, 6.45) is 3.13. The number of nitrogens with zero attached hydrogens (tertiary/aromatic N) is 1. The number of thioether (sulfide) groups is 1. The van der Waals surface area contributed by atoms with E-state index in [1.807, 2.05) is 11.8 Å². The Morgan fingerprint density at radius 1 is 1.39 bits per heavy atom. The van der Waals surface area contributed by atoms with Crippen LogP contribution in [0, 0.1) is 0 Å². The maximum Gasteiger partial charge on any atom is 0.191 e. The largest absolute Gasteiger partial charge is 0.356 e. The van der Waals surface area contributed by atoms with Gasteiger partial charge in [-0.1, -0.05) is 0 Å². The van der Waals surface area contributed by atoms with E-state index in [1.165, 1.54) is 8.66 Å². The lowest BCUT2D eigenvalue weighted by Gasteiger charge is -2.10. The van der Waals surface area contributed by atoms with Gasteiger partial charge in [0.05, 0.1) is 3.79 Å². The molecule has 3 nitrogen and oxygen atoms in total. The van der Waals surface area contributed by atoms with Crippen LogP contribution in [0.25, 0.3) is 0 Å². The first-order chi connectivity index (χ1) is 8.26. The molecule has 0 aromatic carbocycles. The lowest BCUT2D eigenvalue weighted by Crippen LogP contribution is -2.39. The van der Waals surface area contributed by atoms with Crippen LogP contribution >= 0.6 is 63.0 Å². The molecule has 0 amide bonds. The highest BCUT2D eigenvalue weighted by atomic mass is 127. The minimum absolute atomic E-state index is 0. The summed E-state index contributed by atoms with van der Waals surface area (Å²) in [5.74, 6) is 1.98. The van der Waals surface area contributed by atoms with Gasteiger partial charge in [0, 0.05) is 30.8 Å². The highest BCUT2D eigenvalue weighted by Crippen LogP contribution is 2.21. The number of hydrogen-bond donors (Lipinski definition) is 2. The van der Waals surface area contributed by atoms with Crippen molar-refractivity contribution in [3.63, 3.8) is 0 Å². The summed E-state index contributed by atoms with van der Waals surface area (Å²) < 4.78 is 1.19. The molecule has 7 heteroatoms. The van der Waals surface area contributed by atoms with Crippen LogP contribution in [-0.4, -0.2) is 38.1 Å². The van der Waals surface area contributed by atoms with Crippen LogP contribution in [0.4, 0.5) is 0 Å². The molecule has 2 N–H and O–H groups in total. The zero-order valence-corrected chi connectivity index (χ0v) is 16.1. The molecule has 0 saturated carbocycles. The average Bonchev–Trinajstić information content (AvgIpc) is 2.73. The van der Waals surface area contributed by atoms with Crippen molar-refractivity contribution in [3.8, 4) is 0 Å². The Labute approximate surface area is 143 Å². The van der Waals surface area contributed by atoms with Crippen molar-refractivity contribution in [2.75, 3.05) is 32.1 Å². The smallest absolute Gasteiger partial charge is 0.191 e. The third-order valence-corrected chi connectivity index (χ3v) is 4.41. The zero-order chi connectivity index (χ0) is 12.5. The minimum Gasteiger partial charge on any atom is -0.356 e. The van der Waals surface area contributed by atoms with Crippen molar-refractivity contribution in [1.82, 2.24) is 10.6 Å². The van der Waals surface area contributed by atoms with E-state index in [0.717, 1.165) is 31.2 Å². The lowest BCUT2D eigenvalue weighted by molar-refractivity contribution is 0.818. The quantitative estimate of drug-likeness (QED) is 0.294. The van der Waals surface area contributed by atoms with Gasteiger partial charge in [-0.2, -0.15) is 11.8 Å². The molecule has 0 aliphatic carbocycles. The molecule has 0 fully saturated rings. The van der Waals surface area contributed by atoms with Crippen molar-refractivity contribution in [1.29, 1.82) is 0 Å². The van der Waals surface area contributed by atoms with Crippen LogP contribution in [0.15, 0.2) is 20.9 Å². The van der Waals surface area contributed by atoms with Crippen molar-refractivity contribution >= 4 is 69.0 Å². The molecule has 0 spiro atoms. The molecule has 1 rings (SSSR count). The number of rotatable bonds is 6. The number of halogens is 2. The Kier molecular flexibility index (Phi) is 11.7. The first kappa shape index (κ1) is 18.5. The van der Waals surface area contributed by atoms with Crippen LogP contribution in [-0.2, 0) is 6.42 Å². The molecule has 0 saturated heterocycles. The molecule has 0 atom stereocenters. The highest BCUT2D eigenvalue weighted by molar-refractivity contribution is 14.0. The topological polar surface area (TPSA) is 36.4 Å². The van der Waals surface area contributed by atoms with Crippen LogP contribution in [0.2, 0.25) is 0 Å². The van der Waals surface area contributed by atoms with Gasteiger partial charge in [-0.05, 0) is 40.7 Å². The Morgan fingerprint density at radius 3 is 2.67 bits per heavy atom. The van der Waals surface area contributed by atoms with Crippen LogP contribution in [0.3, 0.4) is 0 Å². The zero-order valence-electron chi connectivity index (χ0n) is 10.5. The van der Waals surface area contributed by atoms with Crippen LogP contribution < -0.4 is 10.6 Å². The van der Waals surface area contributed by atoms with E-state index in [4.69, 9.17) is 0 Å². The van der Waals surface area contributed by atoms with Crippen molar-refractivity contribution in [2.45, 2.75) is 6.42 Å². The minimum atomic E-state index is 0. The Balaban J connectivity index is 0.00000289. The van der Waals surface area contributed by atoms with Crippen molar-refractivity contribution in [3.05, 3.63) is 20.8 Å². The molecule has 0 aliphatic rings. The first-order valence-corrected chi connectivity index (χ1v) is 8.44. The highest BCUT2D eigenvalue weighted by Gasteiger charge is 1.99. The van der Waals surface area contributed by atoms with Gasteiger partial charge in [0.1, 0.15) is 0 Å². The first-order valence-electron chi connectivity index (χ1n) is 5.44. The van der Waals surface area contributed by atoms with E-state index < -0.39 is 0 Å². The lowest BCUT2D eigenvalue weighted by atomic mass is 10.3. The maximum atomic E-state index is 4.18. The molecular weight excluding hydrogens is 445 g/mol. The summed E-state index contributed by atoms with van der Waals surface area (Å²) >= 11 is 7.08. The summed E-state index contributed by atoms with van der Waals surface area (Å²) in [5, 5.41) is 6.58. The maximum absolute atomic E-state index is 4.18. The summed E-state index contributed by atoms with van der Waals surface area (Å²) in [6, 6.07) is 4.24. The van der Waals surface area contributed by atoms with Gasteiger partial charge in [-0.25, -0.2) is 0 Å². The molecule has 1 aromatic rings. The Bertz CT molecular complexity index is 358. The molecule has 0 radical (unpaired) electrons. The molecule has 0 unspecified atom stereocenters. The SMILES string of the molecule is CN=C(NCCSC)NCCc1ccc(Br)s1.I. The third-order valence-electron chi connectivity index (χ3n) is 2.11. The van der Waals surface area contributed by atoms with E-state index >= 15 is 0 Å². The van der Waals surface area contributed by atoms with Gasteiger partial charge in [-0.15, -0.1) is 35.3 Å². The van der Waals surface area contributed by atoms with E-state index in [1.54, 1.807) is 18.4 Å². The fraction of sp³-hybridized carbons (Fsp3) is 0.545. The molecule has 1 heterocycles. The van der Waals surface area contributed by atoms with Gasteiger partial charge in [0.25, 0.3) is 0 Å². The number of thiophene rings is 1. The number of aliphatic imine (C=N–C) groups is 1.